The maximum absolute atomic E-state index is 12.6. The van der Waals surface area contributed by atoms with Gasteiger partial charge in [-0.05, 0) is 12.8 Å². The van der Waals surface area contributed by atoms with Crippen molar-refractivity contribution < 1.29 is 9.21 Å². The predicted octanol–water partition coefficient (Wildman–Crippen LogP) is 3.20. The average Bonchev–Trinajstić information content (AvgIpc) is 3.10. The molecule has 0 bridgehead atoms. The zero-order valence-electron chi connectivity index (χ0n) is 12.6. The molecule has 4 nitrogen and oxygen atoms in total. The van der Waals surface area contributed by atoms with Gasteiger partial charge in [-0.15, -0.1) is 0 Å². The second kappa shape index (κ2) is 4.33. The maximum Gasteiger partial charge on any atom is 0.276 e. The van der Waals surface area contributed by atoms with Crippen LogP contribution >= 0.6 is 0 Å². The number of allylic oxidation sites excluding steroid dienone is 2. The molecule has 2 unspecified atom stereocenters. The van der Waals surface area contributed by atoms with Crippen LogP contribution in [0.5, 0.6) is 0 Å². The molecule has 0 radical (unpaired) electrons. The Bertz CT molecular complexity index is 670. The third kappa shape index (κ3) is 1.62. The molecule has 0 aromatic carbocycles. The fraction of sp³-hybridized carbons (Fsp3) is 0.529. The lowest BCUT2D eigenvalue weighted by Gasteiger charge is -2.35. The van der Waals surface area contributed by atoms with Crippen LogP contribution in [-0.4, -0.2) is 28.4 Å². The Morgan fingerprint density at radius 1 is 1.48 bits per heavy atom. The highest BCUT2D eigenvalue weighted by molar-refractivity contribution is 6.04. The second-order valence-corrected chi connectivity index (χ2v) is 6.31. The first-order chi connectivity index (χ1) is 10.2. The lowest BCUT2D eigenvalue weighted by Crippen LogP contribution is -2.45. The van der Waals surface area contributed by atoms with Crippen molar-refractivity contribution >= 4 is 11.5 Å². The number of hydrogen-bond acceptors (Lipinski definition) is 3. The van der Waals surface area contributed by atoms with E-state index in [0.29, 0.717) is 17.5 Å². The largest absolute Gasteiger partial charge is 0.440 e. The summed E-state index contributed by atoms with van der Waals surface area (Å²) in [6.07, 6.45) is 11.6. The molecule has 0 N–H and O–H groups in total. The summed E-state index contributed by atoms with van der Waals surface area (Å²) in [5.74, 6) is 1.87. The van der Waals surface area contributed by atoms with Gasteiger partial charge in [-0.25, -0.2) is 4.98 Å². The van der Waals surface area contributed by atoms with Gasteiger partial charge >= 0.3 is 0 Å². The predicted molar refractivity (Wildman–Crippen MR) is 79.8 cm³/mol. The monoisotopic (exact) mass is 284 g/mol. The molecule has 110 valence electrons. The van der Waals surface area contributed by atoms with Crippen molar-refractivity contribution in [2.45, 2.75) is 44.6 Å². The summed E-state index contributed by atoms with van der Waals surface area (Å²) in [5, 5.41) is 0. The summed E-state index contributed by atoms with van der Waals surface area (Å²) in [6, 6.07) is 0. The highest BCUT2D eigenvalue weighted by Crippen LogP contribution is 2.61. The van der Waals surface area contributed by atoms with Gasteiger partial charge in [0.1, 0.15) is 0 Å². The summed E-state index contributed by atoms with van der Waals surface area (Å²) >= 11 is 0. The summed E-state index contributed by atoms with van der Waals surface area (Å²) in [6.45, 7) is 2.18. The minimum absolute atomic E-state index is 0.00504. The van der Waals surface area contributed by atoms with Crippen LogP contribution in [0.3, 0.4) is 0 Å². The first-order valence-corrected chi connectivity index (χ1v) is 7.85. The lowest BCUT2D eigenvalue weighted by atomic mass is 9.89. The number of oxazole rings is 1. The number of unbranched alkanes of at least 4 members (excludes halogenated alkanes) is 2. The molecule has 1 aromatic heterocycles. The molecule has 4 rings (SSSR count). The van der Waals surface area contributed by atoms with Crippen LogP contribution < -0.4 is 0 Å². The molecule has 1 amide bonds. The van der Waals surface area contributed by atoms with Crippen LogP contribution in [0.2, 0.25) is 0 Å². The van der Waals surface area contributed by atoms with Crippen molar-refractivity contribution in [1.29, 1.82) is 0 Å². The normalized spacial score (nSPS) is 28.9. The average molecular weight is 284 g/mol. The number of nitrogens with zero attached hydrogens (tertiary/aromatic N) is 2. The quantitative estimate of drug-likeness (QED) is 0.798. The van der Waals surface area contributed by atoms with E-state index >= 15 is 0 Å². The number of carbonyl (C=O) groups is 1. The van der Waals surface area contributed by atoms with E-state index < -0.39 is 0 Å². The van der Waals surface area contributed by atoms with Gasteiger partial charge in [0.25, 0.3) is 5.91 Å². The topological polar surface area (TPSA) is 46.3 Å². The standard InChI is InChI=1S/C17H20N2O2/c1-3-4-5-9-13-18-14-15(21-13)12-8-6-7-11-10-17(11,12)19(2)16(14)20/h6-8,11H,3-5,9-10H2,1-2H3. The molecule has 21 heavy (non-hydrogen) atoms. The van der Waals surface area contributed by atoms with Gasteiger partial charge in [-0.2, -0.15) is 0 Å². The van der Waals surface area contributed by atoms with Crippen molar-refractivity contribution in [3.63, 3.8) is 0 Å². The van der Waals surface area contributed by atoms with E-state index in [-0.39, 0.29) is 11.4 Å². The molecule has 4 heteroatoms. The number of likely N-dealkylation sites (N-methyl/N-ethyl adjacent to an activating group) is 1. The molecule has 1 spiro atoms. The molecular weight excluding hydrogens is 264 g/mol. The van der Waals surface area contributed by atoms with E-state index in [0.717, 1.165) is 30.6 Å². The smallest absolute Gasteiger partial charge is 0.276 e. The van der Waals surface area contributed by atoms with Gasteiger partial charge in [0.2, 0.25) is 0 Å². The fourth-order valence-corrected chi connectivity index (χ4v) is 3.75. The highest BCUT2D eigenvalue weighted by atomic mass is 16.4. The zero-order valence-corrected chi connectivity index (χ0v) is 12.6. The molecule has 3 aliphatic rings. The second-order valence-electron chi connectivity index (χ2n) is 6.31. The summed E-state index contributed by atoms with van der Waals surface area (Å²) < 4.78 is 5.97. The van der Waals surface area contributed by atoms with Crippen molar-refractivity contribution in [3.05, 3.63) is 35.6 Å². The Hall–Kier alpha value is -1.84. The summed E-state index contributed by atoms with van der Waals surface area (Å²) in [4.78, 5) is 18.9. The molecule has 1 fully saturated rings. The van der Waals surface area contributed by atoms with E-state index in [9.17, 15) is 4.79 Å². The number of aryl methyl sites for hydroxylation is 1. The molecular formula is C17H20N2O2. The molecule has 2 heterocycles. The first kappa shape index (κ1) is 12.9. The number of carbonyl (C=O) groups excluding carboxylic acids is 1. The minimum atomic E-state index is -0.154. The van der Waals surface area contributed by atoms with Gasteiger partial charge in [0.15, 0.2) is 17.3 Å². The van der Waals surface area contributed by atoms with Crippen LogP contribution in [0, 0.1) is 5.92 Å². The maximum atomic E-state index is 12.6. The van der Waals surface area contributed by atoms with Crippen LogP contribution in [-0.2, 0) is 6.42 Å². The molecule has 0 saturated heterocycles. The molecule has 1 saturated carbocycles. The van der Waals surface area contributed by atoms with E-state index in [1.807, 2.05) is 11.9 Å². The van der Waals surface area contributed by atoms with Crippen molar-refractivity contribution in [1.82, 2.24) is 9.88 Å². The van der Waals surface area contributed by atoms with Gasteiger partial charge in [-0.1, -0.05) is 38.0 Å². The van der Waals surface area contributed by atoms with E-state index in [1.165, 1.54) is 12.8 Å². The Kier molecular flexibility index (Phi) is 2.65. The first-order valence-electron chi connectivity index (χ1n) is 7.85. The third-order valence-electron chi connectivity index (χ3n) is 5.07. The van der Waals surface area contributed by atoms with Gasteiger partial charge < -0.3 is 9.32 Å². The number of amides is 1. The molecule has 2 atom stereocenters. The lowest BCUT2D eigenvalue weighted by molar-refractivity contribution is 0.0721. The van der Waals surface area contributed by atoms with Gasteiger partial charge in [-0.3, -0.25) is 4.79 Å². The van der Waals surface area contributed by atoms with E-state index in [4.69, 9.17) is 4.42 Å². The minimum Gasteiger partial charge on any atom is -0.440 e. The van der Waals surface area contributed by atoms with Gasteiger partial charge in [0, 0.05) is 25.0 Å². The summed E-state index contributed by atoms with van der Waals surface area (Å²) in [5.41, 5.74) is 1.49. The number of rotatable bonds is 4. The number of fused-ring (bicyclic) bond motifs is 2. The Morgan fingerprint density at radius 2 is 2.33 bits per heavy atom. The Labute approximate surface area is 124 Å². The zero-order chi connectivity index (χ0) is 14.6. The fourth-order valence-electron chi connectivity index (χ4n) is 3.75. The Morgan fingerprint density at radius 3 is 3.14 bits per heavy atom. The number of hydrogen-bond donors (Lipinski definition) is 0. The van der Waals surface area contributed by atoms with Crippen LogP contribution in [0.15, 0.2) is 22.6 Å². The molecule has 1 aliphatic heterocycles. The van der Waals surface area contributed by atoms with Gasteiger partial charge in [0.05, 0.1) is 5.54 Å². The van der Waals surface area contributed by atoms with Crippen LogP contribution in [0.25, 0.3) is 5.57 Å². The van der Waals surface area contributed by atoms with Crippen molar-refractivity contribution in [2.24, 2.45) is 5.92 Å². The van der Waals surface area contributed by atoms with Crippen LogP contribution in [0.1, 0.15) is 54.7 Å². The highest BCUT2D eigenvalue weighted by Gasteiger charge is 2.64. The van der Waals surface area contributed by atoms with E-state index in [2.05, 4.69) is 30.1 Å². The van der Waals surface area contributed by atoms with E-state index in [1.54, 1.807) is 0 Å². The summed E-state index contributed by atoms with van der Waals surface area (Å²) in [7, 11) is 1.89. The van der Waals surface area contributed by atoms with Crippen LogP contribution in [0.4, 0.5) is 0 Å². The SMILES string of the molecule is CCCCCc1nc2c(o1)C1=CC=CC3CC13N(C)C2=O. The molecule has 2 aliphatic carbocycles. The van der Waals surface area contributed by atoms with Crippen molar-refractivity contribution in [3.8, 4) is 0 Å². The Balaban J connectivity index is 1.73. The number of aromatic nitrogens is 1. The van der Waals surface area contributed by atoms with Crippen molar-refractivity contribution in [2.75, 3.05) is 7.05 Å². The molecule has 1 aromatic rings. The third-order valence-corrected chi connectivity index (χ3v) is 5.07.